The van der Waals surface area contributed by atoms with Gasteiger partial charge in [-0.05, 0) is 42.8 Å². The van der Waals surface area contributed by atoms with Crippen molar-refractivity contribution in [3.63, 3.8) is 0 Å². The van der Waals surface area contributed by atoms with Gasteiger partial charge in [-0.2, -0.15) is 0 Å². The maximum absolute atomic E-state index is 12.4. The summed E-state index contributed by atoms with van der Waals surface area (Å²) < 4.78 is 17.0. The van der Waals surface area contributed by atoms with Crippen LogP contribution >= 0.6 is 0 Å². The molecule has 0 fully saturated rings. The van der Waals surface area contributed by atoms with Crippen molar-refractivity contribution in [1.29, 1.82) is 0 Å². The van der Waals surface area contributed by atoms with Crippen LogP contribution in [0, 0.1) is 6.92 Å². The summed E-state index contributed by atoms with van der Waals surface area (Å²) in [5.74, 6) is 2.46. The van der Waals surface area contributed by atoms with E-state index in [0.717, 1.165) is 23.3 Å². The Balaban J connectivity index is 1.31. The molecule has 6 nitrogen and oxygen atoms in total. The van der Waals surface area contributed by atoms with E-state index in [9.17, 15) is 4.79 Å². The molecule has 0 bridgehead atoms. The van der Waals surface area contributed by atoms with Crippen molar-refractivity contribution in [2.75, 3.05) is 13.2 Å². The first-order chi connectivity index (χ1) is 14.2. The predicted octanol–water partition coefficient (Wildman–Crippen LogP) is 4.20. The van der Waals surface area contributed by atoms with Crippen LogP contribution in [0.25, 0.3) is 0 Å². The van der Waals surface area contributed by atoms with Gasteiger partial charge in [0.05, 0.1) is 12.6 Å². The number of carbonyl (C=O) groups is 1. The molecule has 1 aromatic heterocycles. The number of para-hydroxylation sites is 1. The summed E-state index contributed by atoms with van der Waals surface area (Å²) in [6.45, 7) is 2.54. The van der Waals surface area contributed by atoms with E-state index in [1.807, 2.05) is 37.3 Å². The highest BCUT2D eigenvalue weighted by Crippen LogP contribution is 2.34. The third kappa shape index (κ3) is 4.66. The minimum atomic E-state index is -0.168. The summed E-state index contributed by atoms with van der Waals surface area (Å²) in [5, 5.41) is 3.04. The zero-order valence-electron chi connectivity index (χ0n) is 16.1. The van der Waals surface area contributed by atoms with E-state index < -0.39 is 0 Å². The summed E-state index contributed by atoms with van der Waals surface area (Å²) in [7, 11) is 0. The highest BCUT2D eigenvalue weighted by molar-refractivity contribution is 5.78. The molecule has 0 unspecified atom stereocenters. The fourth-order valence-electron chi connectivity index (χ4n) is 3.25. The molecule has 3 aromatic rings. The molecule has 6 heteroatoms. The predicted molar refractivity (Wildman–Crippen MR) is 108 cm³/mol. The molecule has 2 aromatic carbocycles. The normalized spacial score (nSPS) is 15.0. The molecule has 1 aliphatic heterocycles. The Labute approximate surface area is 169 Å². The number of nitrogens with zero attached hydrogens (tertiary/aromatic N) is 1. The number of hydrogen-bond donors (Lipinski definition) is 1. The van der Waals surface area contributed by atoms with Crippen LogP contribution in [0.3, 0.4) is 0 Å². The third-order valence-corrected chi connectivity index (χ3v) is 4.66. The zero-order chi connectivity index (χ0) is 20.1. The summed E-state index contributed by atoms with van der Waals surface area (Å²) in [4.78, 5) is 16.5. The third-order valence-electron chi connectivity index (χ3n) is 4.66. The van der Waals surface area contributed by atoms with Crippen LogP contribution in [0.2, 0.25) is 0 Å². The quantitative estimate of drug-likeness (QED) is 0.683. The number of ether oxygens (including phenoxy) is 3. The van der Waals surface area contributed by atoms with Gasteiger partial charge >= 0.3 is 0 Å². The summed E-state index contributed by atoms with van der Waals surface area (Å²) >= 11 is 0. The minimum absolute atomic E-state index is 0.0566. The Bertz CT molecular complexity index is 974. The van der Waals surface area contributed by atoms with Crippen LogP contribution < -0.4 is 19.5 Å². The number of amides is 1. The average Bonchev–Trinajstić information content (AvgIpc) is 2.75. The van der Waals surface area contributed by atoms with Crippen LogP contribution in [0.15, 0.2) is 66.9 Å². The smallest absolute Gasteiger partial charge is 0.258 e. The lowest BCUT2D eigenvalue weighted by atomic mass is 9.98. The fraction of sp³-hybridized carbons (Fsp3) is 0.217. The van der Waals surface area contributed by atoms with Gasteiger partial charge in [0.25, 0.3) is 5.91 Å². The van der Waals surface area contributed by atoms with Crippen molar-refractivity contribution in [3.8, 4) is 23.1 Å². The monoisotopic (exact) mass is 390 g/mol. The highest BCUT2D eigenvalue weighted by atomic mass is 16.5. The molecule has 29 heavy (non-hydrogen) atoms. The average molecular weight is 390 g/mol. The molecule has 1 amide bonds. The van der Waals surface area contributed by atoms with Crippen molar-refractivity contribution in [3.05, 3.63) is 78.0 Å². The van der Waals surface area contributed by atoms with Gasteiger partial charge in [-0.3, -0.25) is 4.79 Å². The molecule has 1 N–H and O–H groups in total. The van der Waals surface area contributed by atoms with Gasteiger partial charge in [0.2, 0.25) is 5.88 Å². The van der Waals surface area contributed by atoms with Crippen molar-refractivity contribution in [2.24, 2.45) is 0 Å². The maximum atomic E-state index is 12.4. The number of nitrogens with one attached hydrogen (secondary N) is 1. The number of benzene rings is 2. The maximum Gasteiger partial charge on any atom is 0.258 e. The van der Waals surface area contributed by atoms with E-state index in [0.29, 0.717) is 24.0 Å². The molecule has 148 valence electrons. The van der Waals surface area contributed by atoms with Crippen LogP contribution in [0.4, 0.5) is 0 Å². The second-order valence-corrected chi connectivity index (χ2v) is 6.78. The van der Waals surface area contributed by atoms with Gasteiger partial charge in [-0.25, -0.2) is 4.98 Å². The van der Waals surface area contributed by atoms with Crippen LogP contribution in [0.5, 0.6) is 23.1 Å². The Morgan fingerprint density at radius 1 is 1.10 bits per heavy atom. The first-order valence-corrected chi connectivity index (χ1v) is 9.52. The minimum Gasteiger partial charge on any atom is -0.493 e. The van der Waals surface area contributed by atoms with Crippen molar-refractivity contribution < 1.29 is 19.0 Å². The molecule has 0 saturated carbocycles. The Morgan fingerprint density at radius 3 is 2.72 bits per heavy atom. The number of aromatic nitrogens is 1. The first-order valence-electron chi connectivity index (χ1n) is 9.52. The summed E-state index contributed by atoms with van der Waals surface area (Å²) in [6, 6.07) is 18.5. The van der Waals surface area contributed by atoms with E-state index in [1.165, 1.54) is 0 Å². The van der Waals surface area contributed by atoms with Crippen LogP contribution in [0.1, 0.15) is 23.6 Å². The number of hydrogen-bond acceptors (Lipinski definition) is 5. The van der Waals surface area contributed by atoms with Gasteiger partial charge in [-0.1, -0.05) is 24.3 Å². The lowest BCUT2D eigenvalue weighted by molar-refractivity contribution is -0.124. The summed E-state index contributed by atoms with van der Waals surface area (Å²) in [5.41, 5.74) is 2.09. The van der Waals surface area contributed by atoms with Gasteiger partial charge in [0, 0.05) is 24.2 Å². The number of fused-ring (bicyclic) bond motifs is 1. The van der Waals surface area contributed by atoms with Crippen molar-refractivity contribution >= 4 is 5.91 Å². The van der Waals surface area contributed by atoms with Gasteiger partial charge in [0.15, 0.2) is 6.61 Å². The molecular formula is C23H22N2O4. The number of pyridine rings is 1. The molecule has 0 spiro atoms. The van der Waals surface area contributed by atoms with E-state index in [4.69, 9.17) is 14.2 Å². The lowest BCUT2D eigenvalue weighted by Gasteiger charge is -2.27. The summed E-state index contributed by atoms with van der Waals surface area (Å²) in [6.07, 6.45) is 2.41. The molecule has 1 atom stereocenters. The van der Waals surface area contributed by atoms with Gasteiger partial charge in [-0.15, -0.1) is 0 Å². The lowest BCUT2D eigenvalue weighted by Crippen LogP contribution is -2.35. The molecule has 0 saturated heterocycles. The topological polar surface area (TPSA) is 69.7 Å². The largest absolute Gasteiger partial charge is 0.493 e. The number of rotatable bonds is 6. The molecule has 1 aliphatic rings. The van der Waals surface area contributed by atoms with E-state index in [-0.39, 0.29) is 18.6 Å². The Morgan fingerprint density at radius 2 is 1.93 bits per heavy atom. The number of aryl methyl sites for hydroxylation is 1. The molecule has 2 heterocycles. The van der Waals surface area contributed by atoms with Gasteiger partial charge in [0.1, 0.15) is 17.2 Å². The zero-order valence-corrected chi connectivity index (χ0v) is 16.1. The van der Waals surface area contributed by atoms with Gasteiger partial charge < -0.3 is 19.5 Å². The fourth-order valence-corrected chi connectivity index (χ4v) is 3.25. The van der Waals surface area contributed by atoms with Crippen molar-refractivity contribution in [2.45, 2.75) is 19.4 Å². The standard InChI is InChI=1S/C23H22N2O4/c1-16-5-4-6-19-20(12-14-27-23(16)19)25-21(26)15-28-17-8-10-18(11-9-17)29-22-7-2-3-13-24-22/h2-11,13,20H,12,14-15H2,1H3,(H,25,26)/t20-/m1/s1. The number of carbonyl (C=O) groups excluding carboxylic acids is 1. The second kappa shape index (κ2) is 8.65. The highest BCUT2D eigenvalue weighted by Gasteiger charge is 2.24. The Kier molecular flexibility index (Phi) is 5.61. The SMILES string of the molecule is Cc1cccc2c1OCC[C@H]2NC(=O)COc1ccc(Oc2ccccn2)cc1. The molecule has 0 aliphatic carbocycles. The molecule has 0 radical (unpaired) electrons. The Hall–Kier alpha value is -3.54. The van der Waals surface area contributed by atoms with Crippen LogP contribution in [-0.4, -0.2) is 24.1 Å². The molecule has 4 rings (SSSR count). The molecular weight excluding hydrogens is 368 g/mol. The first kappa shape index (κ1) is 18.8. The van der Waals surface area contributed by atoms with E-state index in [2.05, 4.69) is 10.3 Å². The van der Waals surface area contributed by atoms with E-state index >= 15 is 0 Å². The van der Waals surface area contributed by atoms with E-state index in [1.54, 1.807) is 36.5 Å². The second-order valence-electron chi connectivity index (χ2n) is 6.78. The van der Waals surface area contributed by atoms with Crippen LogP contribution in [-0.2, 0) is 4.79 Å². The van der Waals surface area contributed by atoms with Crippen molar-refractivity contribution in [1.82, 2.24) is 10.3 Å².